The van der Waals surface area contributed by atoms with E-state index in [0.717, 1.165) is 32.2 Å². The minimum absolute atomic E-state index is 0.0630. The van der Waals surface area contributed by atoms with E-state index in [1.165, 1.54) is 24.2 Å². The number of carbonyl (C=O) groups excluding carboxylic acids is 1. The summed E-state index contributed by atoms with van der Waals surface area (Å²) in [6.45, 7) is 5.94. The van der Waals surface area contributed by atoms with Crippen molar-refractivity contribution in [2.45, 2.75) is 45.6 Å². The summed E-state index contributed by atoms with van der Waals surface area (Å²) in [7, 11) is 0. The van der Waals surface area contributed by atoms with Crippen LogP contribution in [0.2, 0.25) is 0 Å². The van der Waals surface area contributed by atoms with Gasteiger partial charge in [0.05, 0.1) is 6.61 Å². The van der Waals surface area contributed by atoms with E-state index in [2.05, 4.69) is 29.2 Å². The zero-order valence-electron chi connectivity index (χ0n) is 12.4. The number of esters is 1. The summed E-state index contributed by atoms with van der Waals surface area (Å²) in [4.78, 5) is 13.6. The summed E-state index contributed by atoms with van der Waals surface area (Å²) >= 11 is 0. The molecule has 0 aliphatic carbocycles. The van der Waals surface area contributed by atoms with Crippen LogP contribution < -0.4 is 0 Å². The van der Waals surface area contributed by atoms with E-state index < -0.39 is 0 Å². The number of rotatable bonds is 9. The molecule has 3 heteroatoms. The number of hydrogen-bond donors (Lipinski definition) is 0. The Bertz CT molecular complexity index is 410. The van der Waals surface area contributed by atoms with E-state index in [9.17, 15) is 4.79 Å². The maximum atomic E-state index is 11.2. The third kappa shape index (κ3) is 5.74. The molecule has 1 aliphatic rings. The van der Waals surface area contributed by atoms with Crippen LogP contribution in [0.15, 0.2) is 24.3 Å². The van der Waals surface area contributed by atoms with Crippen molar-refractivity contribution in [1.29, 1.82) is 0 Å². The second-order valence-corrected chi connectivity index (χ2v) is 5.46. The summed E-state index contributed by atoms with van der Waals surface area (Å²) in [6.07, 6.45) is 4.83. The minimum Gasteiger partial charge on any atom is -0.466 e. The number of benzene rings is 1. The molecule has 110 valence electrons. The van der Waals surface area contributed by atoms with Crippen LogP contribution in [0.1, 0.15) is 43.7 Å². The highest BCUT2D eigenvalue weighted by atomic mass is 16.5. The molecule has 1 aromatic carbocycles. The Morgan fingerprint density at radius 1 is 1.10 bits per heavy atom. The van der Waals surface area contributed by atoms with Crippen LogP contribution in [0, 0.1) is 0 Å². The van der Waals surface area contributed by atoms with Gasteiger partial charge in [-0.15, -0.1) is 0 Å². The molecule has 1 aromatic rings. The quantitative estimate of drug-likeness (QED) is 0.394. The summed E-state index contributed by atoms with van der Waals surface area (Å²) < 4.78 is 4.91. The molecule has 0 atom stereocenters. The first-order valence-corrected chi connectivity index (χ1v) is 7.73. The number of ether oxygens (including phenoxy) is 1. The van der Waals surface area contributed by atoms with Gasteiger partial charge in [-0.2, -0.15) is 0 Å². The molecular weight excluding hydrogens is 250 g/mol. The molecule has 3 nitrogen and oxygen atoms in total. The lowest BCUT2D eigenvalue weighted by Gasteiger charge is -2.05. The third-order valence-corrected chi connectivity index (χ3v) is 3.62. The van der Waals surface area contributed by atoms with Crippen LogP contribution in [0.5, 0.6) is 0 Å². The lowest BCUT2D eigenvalue weighted by atomic mass is 10.0. The predicted octanol–water partition coefficient (Wildman–Crippen LogP) is 3.17. The average molecular weight is 275 g/mol. The molecule has 0 saturated carbocycles. The lowest BCUT2D eigenvalue weighted by molar-refractivity contribution is -0.143. The average Bonchev–Trinajstić information content (AvgIpc) is 3.24. The van der Waals surface area contributed by atoms with Crippen molar-refractivity contribution in [3.8, 4) is 0 Å². The van der Waals surface area contributed by atoms with E-state index in [0.29, 0.717) is 13.0 Å². The molecule has 0 spiro atoms. The highest BCUT2D eigenvalue weighted by Crippen LogP contribution is 2.14. The van der Waals surface area contributed by atoms with Gasteiger partial charge in [-0.3, -0.25) is 9.69 Å². The van der Waals surface area contributed by atoms with E-state index in [1.54, 1.807) is 0 Å². The molecule has 0 bridgehead atoms. The third-order valence-electron chi connectivity index (χ3n) is 3.62. The van der Waals surface area contributed by atoms with Gasteiger partial charge in [0, 0.05) is 26.1 Å². The van der Waals surface area contributed by atoms with Gasteiger partial charge in [-0.1, -0.05) is 30.7 Å². The molecule has 0 N–H and O–H groups in total. The van der Waals surface area contributed by atoms with Gasteiger partial charge in [0.1, 0.15) is 0 Å². The molecule has 2 rings (SSSR count). The molecular formula is C17H25NO2. The van der Waals surface area contributed by atoms with Crippen LogP contribution in [0.4, 0.5) is 0 Å². The Labute approximate surface area is 121 Å². The normalized spacial score (nSPS) is 14.2. The van der Waals surface area contributed by atoms with E-state index in [-0.39, 0.29) is 5.97 Å². The highest BCUT2D eigenvalue weighted by Gasteiger charge is 2.16. The van der Waals surface area contributed by atoms with Crippen molar-refractivity contribution in [2.75, 3.05) is 19.7 Å². The van der Waals surface area contributed by atoms with Gasteiger partial charge < -0.3 is 4.74 Å². The van der Waals surface area contributed by atoms with Gasteiger partial charge in [0.25, 0.3) is 0 Å². The van der Waals surface area contributed by atoms with Gasteiger partial charge in [0.2, 0.25) is 0 Å². The van der Waals surface area contributed by atoms with Crippen LogP contribution >= 0.6 is 0 Å². The van der Waals surface area contributed by atoms with Gasteiger partial charge in [-0.25, -0.2) is 0 Å². The van der Waals surface area contributed by atoms with Crippen LogP contribution in [-0.2, 0) is 22.5 Å². The van der Waals surface area contributed by atoms with Crippen molar-refractivity contribution in [3.05, 3.63) is 35.4 Å². The topological polar surface area (TPSA) is 29.3 Å². The van der Waals surface area contributed by atoms with Gasteiger partial charge >= 0.3 is 5.97 Å². The maximum Gasteiger partial charge on any atom is 0.305 e. The fourth-order valence-corrected chi connectivity index (χ4v) is 2.31. The number of hydrogen-bond acceptors (Lipinski definition) is 3. The number of aryl methyl sites for hydroxylation is 1. The van der Waals surface area contributed by atoms with E-state index in [4.69, 9.17) is 4.74 Å². The molecule has 1 fully saturated rings. The Morgan fingerprint density at radius 3 is 2.45 bits per heavy atom. The molecule has 1 saturated heterocycles. The van der Waals surface area contributed by atoms with Crippen molar-refractivity contribution in [1.82, 2.24) is 4.90 Å². The molecule has 20 heavy (non-hydrogen) atoms. The highest BCUT2D eigenvalue weighted by molar-refractivity contribution is 5.69. The Kier molecular flexibility index (Phi) is 6.06. The van der Waals surface area contributed by atoms with Crippen LogP contribution in [0.3, 0.4) is 0 Å². The van der Waals surface area contributed by atoms with Crippen molar-refractivity contribution < 1.29 is 9.53 Å². The van der Waals surface area contributed by atoms with Crippen molar-refractivity contribution in [2.24, 2.45) is 0 Å². The number of carbonyl (C=O) groups is 1. The zero-order chi connectivity index (χ0) is 14.2. The first-order chi connectivity index (χ1) is 9.78. The Morgan fingerprint density at radius 2 is 1.80 bits per heavy atom. The first kappa shape index (κ1) is 15.0. The van der Waals surface area contributed by atoms with Gasteiger partial charge in [-0.05, 0) is 37.3 Å². The first-order valence-electron chi connectivity index (χ1n) is 7.73. The largest absolute Gasteiger partial charge is 0.466 e. The Hall–Kier alpha value is -1.35. The van der Waals surface area contributed by atoms with E-state index >= 15 is 0 Å². The smallest absolute Gasteiger partial charge is 0.305 e. The molecule has 1 heterocycles. The minimum atomic E-state index is -0.0630. The van der Waals surface area contributed by atoms with Crippen LogP contribution in [-0.4, -0.2) is 30.6 Å². The zero-order valence-corrected chi connectivity index (χ0v) is 12.4. The summed E-state index contributed by atoms with van der Waals surface area (Å²) in [5, 5.41) is 0. The summed E-state index contributed by atoms with van der Waals surface area (Å²) in [6, 6.07) is 8.97. The fourth-order valence-electron chi connectivity index (χ4n) is 2.31. The lowest BCUT2D eigenvalue weighted by Crippen LogP contribution is -2.03. The second kappa shape index (κ2) is 8.05. The molecule has 0 radical (unpaired) electrons. The molecule has 0 unspecified atom stereocenters. The molecule has 1 aliphatic heterocycles. The SMILES string of the molecule is CCOC(=O)CCCCCc1ccc(CN2CC2)cc1. The van der Waals surface area contributed by atoms with E-state index in [1.807, 2.05) is 6.92 Å². The van der Waals surface area contributed by atoms with Crippen molar-refractivity contribution in [3.63, 3.8) is 0 Å². The maximum absolute atomic E-state index is 11.2. The van der Waals surface area contributed by atoms with Crippen LogP contribution in [0.25, 0.3) is 0 Å². The predicted molar refractivity (Wildman–Crippen MR) is 80.5 cm³/mol. The van der Waals surface area contributed by atoms with Crippen molar-refractivity contribution >= 4 is 5.97 Å². The standard InChI is InChI=1S/C17H25NO2/c1-2-20-17(19)7-5-3-4-6-15-8-10-16(11-9-15)14-18-12-13-18/h8-11H,2-7,12-14H2,1H3. The Balaban J connectivity index is 1.57. The number of nitrogens with zero attached hydrogens (tertiary/aromatic N) is 1. The summed E-state index contributed by atoms with van der Waals surface area (Å²) in [5.74, 6) is -0.0630. The number of unbranched alkanes of at least 4 members (excludes halogenated alkanes) is 2. The molecule has 0 aromatic heterocycles. The van der Waals surface area contributed by atoms with Gasteiger partial charge in [0.15, 0.2) is 0 Å². The summed E-state index contributed by atoms with van der Waals surface area (Å²) in [5.41, 5.74) is 2.81. The fraction of sp³-hybridized carbons (Fsp3) is 0.588. The second-order valence-electron chi connectivity index (χ2n) is 5.46. The monoisotopic (exact) mass is 275 g/mol. The molecule has 0 amide bonds.